The van der Waals surface area contributed by atoms with E-state index < -0.39 is 0 Å². The summed E-state index contributed by atoms with van der Waals surface area (Å²) in [7, 11) is 0. The Hall–Kier alpha value is -2.34. The van der Waals surface area contributed by atoms with Gasteiger partial charge in [-0.25, -0.2) is 0 Å². The van der Waals surface area contributed by atoms with Gasteiger partial charge in [0.15, 0.2) is 0 Å². The van der Waals surface area contributed by atoms with Crippen LogP contribution in [0, 0.1) is 19.8 Å². The fourth-order valence-corrected chi connectivity index (χ4v) is 3.61. The first-order valence-corrected chi connectivity index (χ1v) is 9.17. The number of piperidine rings is 1. The maximum atomic E-state index is 13.0. The fourth-order valence-electron chi connectivity index (χ4n) is 3.61. The second-order valence-electron chi connectivity index (χ2n) is 7.04. The standard InChI is InChI=1S/C20H27N3O3/c1-13-6-5-9-23(19(13)11-21)20(24)16-7-4-8-17(10-16)25-12-18-14(2)22-26-15(18)3/h4,7-8,10,13,19H,5-6,9,11-12,21H2,1-3H3. The zero-order valence-corrected chi connectivity index (χ0v) is 15.7. The maximum Gasteiger partial charge on any atom is 0.254 e. The fraction of sp³-hybridized carbons (Fsp3) is 0.500. The minimum atomic E-state index is 0.0230. The molecule has 140 valence electrons. The molecule has 6 heteroatoms. The Morgan fingerprint density at radius 1 is 1.42 bits per heavy atom. The largest absolute Gasteiger partial charge is 0.489 e. The number of carbonyl (C=O) groups is 1. The highest BCUT2D eigenvalue weighted by Gasteiger charge is 2.31. The predicted molar refractivity (Wildman–Crippen MR) is 99.0 cm³/mol. The number of benzene rings is 1. The number of hydrogen-bond donors (Lipinski definition) is 1. The molecule has 2 N–H and O–H groups in total. The van der Waals surface area contributed by atoms with E-state index in [4.69, 9.17) is 15.0 Å². The molecule has 0 bridgehead atoms. The number of aryl methyl sites for hydroxylation is 2. The molecule has 1 aliphatic rings. The summed E-state index contributed by atoms with van der Waals surface area (Å²) in [5.74, 6) is 1.86. The maximum absolute atomic E-state index is 13.0. The molecule has 1 amide bonds. The van der Waals surface area contributed by atoms with Gasteiger partial charge in [0.2, 0.25) is 0 Å². The number of carbonyl (C=O) groups excluding carboxylic acids is 1. The molecule has 2 heterocycles. The lowest BCUT2D eigenvalue weighted by Crippen LogP contribution is -2.51. The molecule has 1 aliphatic heterocycles. The van der Waals surface area contributed by atoms with E-state index in [9.17, 15) is 4.79 Å². The Labute approximate surface area is 154 Å². The van der Waals surface area contributed by atoms with Crippen LogP contribution in [0.4, 0.5) is 0 Å². The number of hydrogen-bond acceptors (Lipinski definition) is 5. The first-order valence-electron chi connectivity index (χ1n) is 9.17. The monoisotopic (exact) mass is 357 g/mol. The van der Waals surface area contributed by atoms with E-state index >= 15 is 0 Å². The Morgan fingerprint density at radius 2 is 2.23 bits per heavy atom. The number of rotatable bonds is 5. The molecule has 1 aromatic carbocycles. The molecule has 0 saturated carbocycles. The molecule has 26 heavy (non-hydrogen) atoms. The van der Waals surface area contributed by atoms with Crippen LogP contribution < -0.4 is 10.5 Å². The van der Waals surface area contributed by atoms with Crippen molar-refractivity contribution >= 4 is 5.91 Å². The molecule has 1 aromatic heterocycles. The summed E-state index contributed by atoms with van der Waals surface area (Å²) in [5.41, 5.74) is 8.32. The summed E-state index contributed by atoms with van der Waals surface area (Å²) in [6.07, 6.45) is 2.14. The van der Waals surface area contributed by atoms with Crippen LogP contribution >= 0.6 is 0 Å². The third kappa shape index (κ3) is 3.75. The van der Waals surface area contributed by atoms with E-state index in [-0.39, 0.29) is 11.9 Å². The SMILES string of the molecule is Cc1noc(C)c1COc1cccc(C(=O)N2CCCC(C)C2CN)c1. The molecular weight excluding hydrogens is 330 g/mol. The van der Waals surface area contributed by atoms with Gasteiger partial charge < -0.3 is 19.9 Å². The van der Waals surface area contributed by atoms with E-state index in [1.807, 2.05) is 36.9 Å². The molecule has 0 spiro atoms. The van der Waals surface area contributed by atoms with Crippen LogP contribution in [0.5, 0.6) is 5.75 Å². The van der Waals surface area contributed by atoms with E-state index in [0.29, 0.717) is 30.4 Å². The van der Waals surface area contributed by atoms with Gasteiger partial charge in [0.05, 0.1) is 11.3 Å². The summed E-state index contributed by atoms with van der Waals surface area (Å²) in [4.78, 5) is 14.9. The average Bonchev–Trinajstić information content (AvgIpc) is 2.97. The molecule has 3 rings (SSSR count). The first-order chi connectivity index (χ1) is 12.5. The first kappa shape index (κ1) is 18.5. The van der Waals surface area contributed by atoms with Gasteiger partial charge in [0.1, 0.15) is 18.1 Å². The summed E-state index contributed by atoms with van der Waals surface area (Å²) >= 11 is 0. The molecule has 0 aliphatic carbocycles. The van der Waals surface area contributed by atoms with Crippen molar-refractivity contribution in [2.24, 2.45) is 11.7 Å². The summed E-state index contributed by atoms with van der Waals surface area (Å²) in [6.45, 7) is 7.54. The van der Waals surface area contributed by atoms with Crippen molar-refractivity contribution < 1.29 is 14.1 Å². The molecular formula is C20H27N3O3. The topological polar surface area (TPSA) is 81.6 Å². The Morgan fingerprint density at radius 3 is 2.92 bits per heavy atom. The van der Waals surface area contributed by atoms with Crippen molar-refractivity contribution in [1.82, 2.24) is 10.1 Å². The predicted octanol–water partition coefficient (Wildman–Crippen LogP) is 3.07. The summed E-state index contributed by atoms with van der Waals surface area (Å²) in [5, 5.41) is 3.93. The number of aromatic nitrogens is 1. The lowest BCUT2D eigenvalue weighted by Gasteiger charge is -2.39. The van der Waals surface area contributed by atoms with E-state index in [0.717, 1.165) is 36.4 Å². The second kappa shape index (κ2) is 7.91. The molecule has 1 fully saturated rings. The second-order valence-corrected chi connectivity index (χ2v) is 7.04. The van der Waals surface area contributed by atoms with Gasteiger partial charge in [0, 0.05) is 24.7 Å². The van der Waals surface area contributed by atoms with Crippen LogP contribution in [-0.4, -0.2) is 35.1 Å². The molecule has 6 nitrogen and oxygen atoms in total. The van der Waals surface area contributed by atoms with Crippen molar-refractivity contribution in [2.45, 2.75) is 46.3 Å². The van der Waals surface area contributed by atoms with E-state index in [1.165, 1.54) is 0 Å². The highest BCUT2D eigenvalue weighted by molar-refractivity contribution is 5.95. The molecule has 2 aromatic rings. The van der Waals surface area contributed by atoms with Gasteiger partial charge in [-0.3, -0.25) is 4.79 Å². The molecule has 1 saturated heterocycles. The van der Waals surface area contributed by atoms with Crippen LogP contribution in [-0.2, 0) is 6.61 Å². The summed E-state index contributed by atoms with van der Waals surface area (Å²) in [6, 6.07) is 7.43. The van der Waals surface area contributed by atoms with Crippen LogP contribution in [0.2, 0.25) is 0 Å². The van der Waals surface area contributed by atoms with Crippen LogP contribution in [0.25, 0.3) is 0 Å². The van der Waals surface area contributed by atoms with Crippen molar-refractivity contribution in [1.29, 1.82) is 0 Å². The van der Waals surface area contributed by atoms with Crippen molar-refractivity contribution in [3.8, 4) is 5.75 Å². The number of nitrogens with zero attached hydrogens (tertiary/aromatic N) is 2. The number of nitrogens with two attached hydrogens (primary N) is 1. The quantitative estimate of drug-likeness (QED) is 0.889. The highest BCUT2D eigenvalue weighted by Crippen LogP contribution is 2.25. The zero-order chi connectivity index (χ0) is 18.7. The van der Waals surface area contributed by atoms with Gasteiger partial charge in [-0.2, -0.15) is 0 Å². The van der Waals surface area contributed by atoms with Crippen LogP contribution in [0.15, 0.2) is 28.8 Å². The van der Waals surface area contributed by atoms with Crippen molar-refractivity contribution in [3.63, 3.8) is 0 Å². The van der Waals surface area contributed by atoms with Crippen molar-refractivity contribution in [3.05, 3.63) is 46.8 Å². The number of likely N-dealkylation sites (tertiary alicyclic amines) is 1. The van der Waals surface area contributed by atoms with E-state index in [1.54, 1.807) is 6.07 Å². The third-order valence-corrected chi connectivity index (χ3v) is 5.26. The van der Waals surface area contributed by atoms with Crippen LogP contribution in [0.3, 0.4) is 0 Å². The average molecular weight is 357 g/mol. The van der Waals surface area contributed by atoms with Gasteiger partial charge in [-0.15, -0.1) is 0 Å². The van der Waals surface area contributed by atoms with Gasteiger partial charge in [-0.1, -0.05) is 18.1 Å². The van der Waals surface area contributed by atoms with E-state index in [2.05, 4.69) is 12.1 Å². The summed E-state index contributed by atoms with van der Waals surface area (Å²) < 4.78 is 11.0. The van der Waals surface area contributed by atoms with Gasteiger partial charge in [0.25, 0.3) is 5.91 Å². The minimum absolute atomic E-state index is 0.0230. The Kier molecular flexibility index (Phi) is 5.61. The molecule has 2 unspecified atom stereocenters. The highest BCUT2D eigenvalue weighted by atomic mass is 16.5. The number of amides is 1. The lowest BCUT2D eigenvalue weighted by atomic mass is 9.90. The van der Waals surface area contributed by atoms with Crippen LogP contribution in [0.1, 0.15) is 47.1 Å². The number of ether oxygens (including phenoxy) is 1. The molecule has 2 atom stereocenters. The Balaban J connectivity index is 1.73. The Bertz CT molecular complexity index is 752. The minimum Gasteiger partial charge on any atom is -0.489 e. The van der Waals surface area contributed by atoms with Gasteiger partial charge >= 0.3 is 0 Å². The van der Waals surface area contributed by atoms with Crippen molar-refractivity contribution in [2.75, 3.05) is 13.1 Å². The van der Waals surface area contributed by atoms with Gasteiger partial charge in [-0.05, 0) is 50.8 Å². The normalized spacial score (nSPS) is 20.2. The zero-order valence-electron chi connectivity index (χ0n) is 15.7. The third-order valence-electron chi connectivity index (χ3n) is 5.26. The molecule has 0 radical (unpaired) electrons. The smallest absolute Gasteiger partial charge is 0.254 e. The lowest BCUT2D eigenvalue weighted by molar-refractivity contribution is 0.0532.